The number of nitrogens with zero attached hydrogens (tertiary/aromatic N) is 2. The smallest absolute Gasteiger partial charge is 0.225 e. The third-order valence-corrected chi connectivity index (χ3v) is 6.38. The van der Waals surface area contributed by atoms with Gasteiger partial charge in [-0.25, -0.2) is 0 Å². The first-order chi connectivity index (χ1) is 14.2. The largest absolute Gasteiger partial charge is 0.459 e. The van der Waals surface area contributed by atoms with Gasteiger partial charge in [-0.05, 0) is 32.3 Å². The molecular weight excluding hydrogens is 364 g/mol. The van der Waals surface area contributed by atoms with E-state index in [9.17, 15) is 4.79 Å². The van der Waals surface area contributed by atoms with Crippen LogP contribution in [0.5, 0.6) is 0 Å². The zero-order valence-corrected chi connectivity index (χ0v) is 17.5. The first-order valence-corrected chi connectivity index (χ1v) is 10.9. The predicted molar refractivity (Wildman–Crippen MR) is 116 cm³/mol. The standard InChI is InChI=1S/C23H32N4O2/c1-16-19-10-6-7-11-20(19)29-21(16)14-25-23(24-2)26-18-12-13-27(15-18)22(28)17-8-4-3-5-9-17/h6-7,10-11,17-18H,3-5,8-9,12-15H2,1-2H3,(H2,24,25,26). The summed E-state index contributed by atoms with van der Waals surface area (Å²) in [5, 5.41) is 8.00. The Bertz CT molecular complexity index is 882. The fourth-order valence-electron chi connectivity index (χ4n) is 4.63. The number of carbonyl (C=O) groups is 1. The van der Waals surface area contributed by atoms with Crippen LogP contribution in [0, 0.1) is 12.8 Å². The van der Waals surface area contributed by atoms with E-state index in [1.807, 2.05) is 23.1 Å². The molecule has 1 amide bonds. The number of hydrogen-bond donors (Lipinski definition) is 2. The van der Waals surface area contributed by atoms with Gasteiger partial charge in [0.1, 0.15) is 11.3 Å². The lowest BCUT2D eigenvalue weighted by molar-refractivity contribution is -0.135. The number of furan rings is 1. The summed E-state index contributed by atoms with van der Waals surface area (Å²) in [7, 11) is 1.78. The lowest BCUT2D eigenvalue weighted by atomic mass is 9.88. The van der Waals surface area contributed by atoms with Crippen LogP contribution in [0.15, 0.2) is 33.7 Å². The van der Waals surface area contributed by atoms with E-state index in [-0.39, 0.29) is 12.0 Å². The van der Waals surface area contributed by atoms with Crippen LogP contribution >= 0.6 is 0 Å². The van der Waals surface area contributed by atoms with Gasteiger partial charge in [-0.3, -0.25) is 9.79 Å². The van der Waals surface area contributed by atoms with Crippen molar-refractivity contribution >= 4 is 22.8 Å². The Morgan fingerprint density at radius 1 is 1.21 bits per heavy atom. The number of guanidine groups is 1. The molecule has 0 bridgehead atoms. The first-order valence-electron chi connectivity index (χ1n) is 10.9. The van der Waals surface area contributed by atoms with Gasteiger partial charge < -0.3 is 20.0 Å². The Kier molecular flexibility index (Phi) is 6.07. The van der Waals surface area contributed by atoms with Crippen molar-refractivity contribution in [2.45, 2.75) is 58.0 Å². The summed E-state index contributed by atoms with van der Waals surface area (Å²) in [6.07, 6.45) is 6.76. The van der Waals surface area contributed by atoms with Crippen molar-refractivity contribution in [2.24, 2.45) is 10.9 Å². The number of nitrogens with one attached hydrogen (secondary N) is 2. The first kappa shape index (κ1) is 19.8. The van der Waals surface area contributed by atoms with Crippen LogP contribution in [0.3, 0.4) is 0 Å². The number of likely N-dealkylation sites (tertiary alicyclic amines) is 1. The minimum Gasteiger partial charge on any atom is -0.459 e. The second-order valence-corrected chi connectivity index (χ2v) is 8.32. The minimum absolute atomic E-state index is 0.241. The second kappa shape index (κ2) is 8.89. The fraction of sp³-hybridized carbons (Fsp3) is 0.565. The van der Waals surface area contributed by atoms with E-state index in [1.165, 1.54) is 19.3 Å². The average molecular weight is 397 g/mol. The molecule has 2 aliphatic rings. The fourth-order valence-corrected chi connectivity index (χ4v) is 4.63. The molecule has 0 spiro atoms. The highest BCUT2D eigenvalue weighted by Gasteiger charge is 2.31. The molecule has 2 heterocycles. The molecule has 1 saturated heterocycles. The molecule has 2 N–H and O–H groups in total. The molecule has 1 aromatic carbocycles. The van der Waals surface area contributed by atoms with Crippen LogP contribution in [0.1, 0.15) is 49.8 Å². The lowest BCUT2D eigenvalue weighted by Crippen LogP contribution is -2.45. The van der Waals surface area contributed by atoms with Crippen LogP contribution in [0.4, 0.5) is 0 Å². The summed E-state index contributed by atoms with van der Waals surface area (Å²) in [5.41, 5.74) is 2.08. The Hall–Kier alpha value is -2.50. The van der Waals surface area contributed by atoms with Crippen LogP contribution < -0.4 is 10.6 Å². The van der Waals surface area contributed by atoms with E-state index in [1.54, 1.807) is 7.05 Å². The summed E-state index contributed by atoms with van der Waals surface area (Å²) in [6, 6.07) is 8.34. The van der Waals surface area contributed by atoms with Crippen molar-refractivity contribution in [1.29, 1.82) is 0 Å². The van der Waals surface area contributed by atoms with Gasteiger partial charge in [-0.2, -0.15) is 0 Å². The quantitative estimate of drug-likeness (QED) is 0.612. The van der Waals surface area contributed by atoms with Gasteiger partial charge in [0.05, 0.1) is 6.54 Å². The van der Waals surface area contributed by atoms with E-state index in [0.29, 0.717) is 12.5 Å². The van der Waals surface area contributed by atoms with Crippen LogP contribution in [0.25, 0.3) is 11.0 Å². The zero-order valence-electron chi connectivity index (χ0n) is 17.5. The molecule has 29 heavy (non-hydrogen) atoms. The minimum atomic E-state index is 0.241. The van der Waals surface area contributed by atoms with Gasteiger partial charge >= 0.3 is 0 Å². The van der Waals surface area contributed by atoms with Crippen molar-refractivity contribution in [2.75, 3.05) is 20.1 Å². The number of para-hydroxylation sites is 1. The maximum Gasteiger partial charge on any atom is 0.225 e. The normalized spacial score (nSPS) is 21.0. The Morgan fingerprint density at radius 2 is 2.00 bits per heavy atom. The van der Waals surface area contributed by atoms with Crippen LogP contribution in [-0.2, 0) is 11.3 Å². The van der Waals surface area contributed by atoms with Crippen molar-refractivity contribution in [3.05, 3.63) is 35.6 Å². The zero-order chi connectivity index (χ0) is 20.2. The summed E-state index contributed by atoms with van der Waals surface area (Å²) in [5.74, 6) is 2.28. The van der Waals surface area contributed by atoms with Gasteiger partial charge in [0.2, 0.25) is 5.91 Å². The van der Waals surface area contributed by atoms with E-state index in [0.717, 1.165) is 60.6 Å². The summed E-state index contributed by atoms with van der Waals surface area (Å²) in [6.45, 7) is 4.27. The van der Waals surface area contributed by atoms with Crippen LogP contribution in [0.2, 0.25) is 0 Å². The number of aryl methyl sites for hydroxylation is 1. The molecular formula is C23H32N4O2. The van der Waals surface area contributed by atoms with Crippen molar-refractivity contribution in [3.63, 3.8) is 0 Å². The monoisotopic (exact) mass is 396 g/mol. The topological polar surface area (TPSA) is 69.9 Å². The third-order valence-electron chi connectivity index (χ3n) is 6.38. The Labute approximate surface area is 172 Å². The Morgan fingerprint density at radius 3 is 2.76 bits per heavy atom. The van der Waals surface area contributed by atoms with Gasteiger partial charge in [-0.15, -0.1) is 0 Å². The lowest BCUT2D eigenvalue weighted by Gasteiger charge is -2.26. The highest BCUT2D eigenvalue weighted by atomic mass is 16.3. The average Bonchev–Trinajstić information content (AvgIpc) is 3.36. The molecule has 6 nitrogen and oxygen atoms in total. The number of fused-ring (bicyclic) bond motifs is 1. The van der Waals surface area contributed by atoms with Crippen molar-refractivity contribution < 1.29 is 9.21 Å². The van der Waals surface area contributed by atoms with Gasteiger partial charge in [0, 0.05) is 43.0 Å². The predicted octanol–water partition coefficient (Wildman–Crippen LogP) is 3.59. The number of hydrogen-bond acceptors (Lipinski definition) is 3. The number of aliphatic imine (C=N–C) groups is 1. The molecule has 1 aliphatic carbocycles. The summed E-state index contributed by atoms with van der Waals surface area (Å²) in [4.78, 5) is 19.2. The molecule has 0 radical (unpaired) electrons. The van der Waals surface area contributed by atoms with Crippen molar-refractivity contribution in [1.82, 2.24) is 15.5 Å². The van der Waals surface area contributed by atoms with Gasteiger partial charge in [0.25, 0.3) is 0 Å². The molecule has 4 rings (SSSR count). The van der Waals surface area contributed by atoms with E-state index in [2.05, 4.69) is 28.6 Å². The summed E-state index contributed by atoms with van der Waals surface area (Å²) < 4.78 is 5.98. The summed E-state index contributed by atoms with van der Waals surface area (Å²) >= 11 is 0. The maximum atomic E-state index is 12.8. The van der Waals surface area contributed by atoms with Gasteiger partial charge in [0.15, 0.2) is 5.96 Å². The van der Waals surface area contributed by atoms with Crippen molar-refractivity contribution in [3.8, 4) is 0 Å². The number of benzene rings is 1. The number of carbonyl (C=O) groups excluding carboxylic acids is 1. The van der Waals surface area contributed by atoms with E-state index < -0.39 is 0 Å². The maximum absolute atomic E-state index is 12.8. The highest BCUT2D eigenvalue weighted by Crippen LogP contribution is 2.27. The number of rotatable bonds is 4. The van der Waals surface area contributed by atoms with Gasteiger partial charge in [-0.1, -0.05) is 37.5 Å². The Balaban J connectivity index is 1.30. The second-order valence-electron chi connectivity index (χ2n) is 8.32. The molecule has 1 saturated carbocycles. The SMILES string of the molecule is CN=C(NCc1oc2ccccc2c1C)NC1CCN(C(=O)C2CCCCC2)C1. The molecule has 1 aliphatic heterocycles. The molecule has 1 aromatic heterocycles. The molecule has 1 atom stereocenters. The third kappa shape index (κ3) is 4.41. The molecule has 156 valence electrons. The van der Waals surface area contributed by atoms with E-state index in [4.69, 9.17) is 4.42 Å². The van der Waals surface area contributed by atoms with E-state index >= 15 is 0 Å². The molecule has 2 fully saturated rings. The molecule has 6 heteroatoms. The van der Waals surface area contributed by atoms with Crippen LogP contribution in [-0.4, -0.2) is 42.9 Å². The number of amides is 1. The highest BCUT2D eigenvalue weighted by molar-refractivity contribution is 5.83. The molecule has 1 unspecified atom stereocenters. The molecule has 2 aromatic rings.